The largest absolute Gasteiger partial charge is 0.482 e. The lowest BCUT2D eigenvalue weighted by Gasteiger charge is -2.11. The van der Waals surface area contributed by atoms with E-state index < -0.39 is 24.5 Å². The molecule has 2 rings (SSSR count). The fourth-order valence-corrected chi connectivity index (χ4v) is 2.19. The number of amides is 3. The number of urea groups is 1. The zero-order valence-corrected chi connectivity index (χ0v) is 15.3. The molecule has 0 aliphatic heterocycles. The molecule has 27 heavy (non-hydrogen) atoms. The van der Waals surface area contributed by atoms with Gasteiger partial charge in [0, 0.05) is 6.54 Å². The zero-order valence-electron chi connectivity index (χ0n) is 15.3. The Bertz CT molecular complexity index is 805. The first-order valence-corrected chi connectivity index (χ1v) is 8.42. The van der Waals surface area contributed by atoms with Crippen LogP contribution in [0.4, 0.5) is 4.79 Å². The molecular formula is C20H22N2O5. The molecule has 0 aliphatic rings. The number of hydrogen-bond donors (Lipinski definition) is 2. The molecule has 0 spiro atoms. The summed E-state index contributed by atoms with van der Waals surface area (Å²) >= 11 is 0. The van der Waals surface area contributed by atoms with E-state index in [1.165, 1.54) is 0 Å². The molecule has 0 saturated heterocycles. The molecule has 0 bridgehead atoms. The smallest absolute Gasteiger partial charge is 0.344 e. The van der Waals surface area contributed by atoms with Crippen LogP contribution in [0.1, 0.15) is 16.7 Å². The van der Waals surface area contributed by atoms with Gasteiger partial charge in [-0.2, -0.15) is 0 Å². The van der Waals surface area contributed by atoms with E-state index in [0.29, 0.717) is 5.75 Å². The van der Waals surface area contributed by atoms with Gasteiger partial charge in [-0.15, -0.1) is 0 Å². The fourth-order valence-electron chi connectivity index (χ4n) is 2.19. The van der Waals surface area contributed by atoms with Gasteiger partial charge in [0.05, 0.1) is 0 Å². The number of esters is 1. The summed E-state index contributed by atoms with van der Waals surface area (Å²) in [5.41, 5.74) is 2.87. The molecule has 2 aromatic carbocycles. The Morgan fingerprint density at radius 3 is 2.41 bits per heavy atom. The number of hydrogen-bond acceptors (Lipinski definition) is 5. The number of carbonyl (C=O) groups excluding carboxylic acids is 3. The molecule has 0 aliphatic carbocycles. The summed E-state index contributed by atoms with van der Waals surface area (Å²) < 4.78 is 10.2. The van der Waals surface area contributed by atoms with E-state index in [4.69, 9.17) is 9.47 Å². The van der Waals surface area contributed by atoms with Crippen molar-refractivity contribution in [3.05, 3.63) is 65.2 Å². The lowest BCUT2D eigenvalue weighted by atomic mass is 10.1. The molecule has 0 unspecified atom stereocenters. The molecule has 0 atom stereocenters. The van der Waals surface area contributed by atoms with Crippen molar-refractivity contribution in [3.8, 4) is 5.75 Å². The summed E-state index contributed by atoms with van der Waals surface area (Å²) in [6, 6.07) is 14.1. The van der Waals surface area contributed by atoms with Crippen LogP contribution in [0.2, 0.25) is 0 Å². The van der Waals surface area contributed by atoms with Gasteiger partial charge in [-0.3, -0.25) is 10.1 Å². The highest BCUT2D eigenvalue weighted by Crippen LogP contribution is 2.20. The Kier molecular flexibility index (Phi) is 7.37. The molecule has 2 N–H and O–H groups in total. The van der Waals surface area contributed by atoms with Crippen LogP contribution in [0.15, 0.2) is 48.5 Å². The summed E-state index contributed by atoms with van der Waals surface area (Å²) in [6.07, 6.45) is 0. The predicted molar refractivity (Wildman–Crippen MR) is 99.2 cm³/mol. The van der Waals surface area contributed by atoms with Crippen LogP contribution in [0.3, 0.4) is 0 Å². The summed E-state index contributed by atoms with van der Waals surface area (Å²) in [7, 11) is 0. The van der Waals surface area contributed by atoms with Gasteiger partial charge < -0.3 is 14.8 Å². The second-order valence-electron chi connectivity index (χ2n) is 5.86. The number of carbonyl (C=O) groups is 3. The van der Waals surface area contributed by atoms with Crippen LogP contribution in [-0.2, 0) is 20.9 Å². The fraction of sp³-hybridized carbons (Fsp3) is 0.250. The Morgan fingerprint density at radius 1 is 0.926 bits per heavy atom. The average molecular weight is 370 g/mol. The van der Waals surface area contributed by atoms with Gasteiger partial charge in [-0.1, -0.05) is 42.5 Å². The van der Waals surface area contributed by atoms with Gasteiger partial charge >= 0.3 is 12.0 Å². The maximum Gasteiger partial charge on any atom is 0.344 e. The summed E-state index contributed by atoms with van der Waals surface area (Å²) in [5.74, 6) is -0.840. The van der Waals surface area contributed by atoms with Crippen molar-refractivity contribution < 1.29 is 23.9 Å². The van der Waals surface area contributed by atoms with Crippen molar-refractivity contribution in [1.82, 2.24) is 10.6 Å². The topological polar surface area (TPSA) is 93.7 Å². The predicted octanol–water partition coefficient (Wildman–Crippen LogP) is 2.25. The van der Waals surface area contributed by atoms with Crippen molar-refractivity contribution >= 4 is 17.9 Å². The molecule has 2 aromatic rings. The highest BCUT2D eigenvalue weighted by Gasteiger charge is 2.12. The number of nitrogens with one attached hydrogen (secondary N) is 2. The van der Waals surface area contributed by atoms with E-state index in [0.717, 1.165) is 16.7 Å². The van der Waals surface area contributed by atoms with Crippen LogP contribution in [-0.4, -0.2) is 31.1 Å². The minimum atomic E-state index is -0.722. The zero-order chi connectivity index (χ0) is 19.6. The highest BCUT2D eigenvalue weighted by atomic mass is 16.6. The molecule has 0 heterocycles. The summed E-state index contributed by atoms with van der Waals surface area (Å²) in [5, 5.41) is 4.63. The first-order chi connectivity index (χ1) is 13.0. The highest BCUT2D eigenvalue weighted by molar-refractivity contribution is 5.95. The summed E-state index contributed by atoms with van der Waals surface area (Å²) in [6.45, 7) is 3.22. The number of imide groups is 1. The number of benzene rings is 2. The van der Waals surface area contributed by atoms with Crippen LogP contribution in [0.25, 0.3) is 0 Å². The Balaban J connectivity index is 1.66. The molecule has 3 amide bonds. The van der Waals surface area contributed by atoms with Crippen LogP contribution in [0.5, 0.6) is 5.75 Å². The molecular weight excluding hydrogens is 348 g/mol. The SMILES string of the molecule is Cc1cccc(OCC(=O)OCC(=O)NC(=O)NCc2ccccc2)c1C. The average Bonchev–Trinajstić information content (AvgIpc) is 2.66. The molecule has 0 radical (unpaired) electrons. The number of aryl methyl sites for hydroxylation is 1. The minimum Gasteiger partial charge on any atom is -0.482 e. The third-order valence-corrected chi connectivity index (χ3v) is 3.81. The summed E-state index contributed by atoms with van der Waals surface area (Å²) in [4.78, 5) is 35.0. The van der Waals surface area contributed by atoms with Crippen molar-refractivity contribution in [3.63, 3.8) is 0 Å². The van der Waals surface area contributed by atoms with Crippen LogP contribution in [0, 0.1) is 13.8 Å². The second-order valence-corrected chi connectivity index (χ2v) is 5.86. The van der Waals surface area contributed by atoms with Crippen molar-refractivity contribution in [2.75, 3.05) is 13.2 Å². The van der Waals surface area contributed by atoms with E-state index in [1.54, 1.807) is 6.07 Å². The van der Waals surface area contributed by atoms with E-state index in [-0.39, 0.29) is 13.2 Å². The third kappa shape index (κ3) is 6.81. The van der Waals surface area contributed by atoms with Crippen molar-refractivity contribution in [2.24, 2.45) is 0 Å². The van der Waals surface area contributed by atoms with E-state index in [2.05, 4.69) is 10.6 Å². The van der Waals surface area contributed by atoms with Gasteiger partial charge in [-0.25, -0.2) is 9.59 Å². The van der Waals surface area contributed by atoms with Gasteiger partial charge in [0.1, 0.15) is 5.75 Å². The first kappa shape index (κ1) is 20.0. The molecule has 142 valence electrons. The molecule has 7 nitrogen and oxygen atoms in total. The molecule has 0 saturated carbocycles. The van der Waals surface area contributed by atoms with E-state index in [1.807, 2.05) is 56.3 Å². The number of ether oxygens (including phenoxy) is 2. The quantitative estimate of drug-likeness (QED) is 0.729. The van der Waals surface area contributed by atoms with E-state index in [9.17, 15) is 14.4 Å². The molecule has 7 heteroatoms. The van der Waals surface area contributed by atoms with Gasteiger partial charge in [0.15, 0.2) is 13.2 Å². The lowest BCUT2D eigenvalue weighted by molar-refractivity contribution is -0.150. The minimum absolute atomic E-state index is 0.281. The second kappa shape index (κ2) is 9.96. The standard InChI is InChI=1S/C20H22N2O5/c1-14-7-6-10-17(15(14)2)26-13-19(24)27-12-18(23)22-20(25)21-11-16-8-4-3-5-9-16/h3-10H,11-13H2,1-2H3,(H2,21,22,23,25). The van der Waals surface area contributed by atoms with Gasteiger partial charge in [0.25, 0.3) is 5.91 Å². The van der Waals surface area contributed by atoms with Gasteiger partial charge in [0.2, 0.25) is 0 Å². The monoisotopic (exact) mass is 370 g/mol. The van der Waals surface area contributed by atoms with E-state index >= 15 is 0 Å². The molecule has 0 aromatic heterocycles. The van der Waals surface area contributed by atoms with Crippen LogP contribution >= 0.6 is 0 Å². The lowest BCUT2D eigenvalue weighted by Crippen LogP contribution is -2.41. The number of rotatable bonds is 7. The Labute approximate surface area is 157 Å². The van der Waals surface area contributed by atoms with Crippen molar-refractivity contribution in [1.29, 1.82) is 0 Å². The van der Waals surface area contributed by atoms with Gasteiger partial charge in [-0.05, 0) is 36.6 Å². The third-order valence-electron chi connectivity index (χ3n) is 3.81. The maximum atomic E-state index is 11.7. The Hall–Kier alpha value is -3.35. The maximum absolute atomic E-state index is 11.7. The molecule has 0 fully saturated rings. The first-order valence-electron chi connectivity index (χ1n) is 8.42. The van der Waals surface area contributed by atoms with Crippen molar-refractivity contribution in [2.45, 2.75) is 20.4 Å². The van der Waals surface area contributed by atoms with Crippen LogP contribution < -0.4 is 15.4 Å². The normalized spacial score (nSPS) is 10.0. The Morgan fingerprint density at radius 2 is 1.67 bits per heavy atom.